The molecule has 18 heteroatoms. The summed E-state index contributed by atoms with van der Waals surface area (Å²) in [5, 5.41) is 11.7. The van der Waals surface area contributed by atoms with Crippen molar-refractivity contribution in [3.05, 3.63) is 131 Å². The Morgan fingerprint density at radius 2 is 1.62 bits per heavy atom. The summed E-state index contributed by atoms with van der Waals surface area (Å²) < 4.78 is 109. The Labute approximate surface area is 277 Å². The zero-order valence-electron chi connectivity index (χ0n) is 25.9. The number of halogens is 7. The topological polar surface area (TPSA) is 139 Å². The maximum atomic E-state index is 15.0. The predicted octanol–water partition coefficient (Wildman–Crippen LogP) is 5.46. The SMILES string of the molecule is NC(Cn1c(=O)c2c(n(Cc3c(F)cccc3C(F)(F)F)c1=O)COC21CCN(Cc2ccc(C(F)(F)F)o2)CC1)c1ccccc1[N+](=O)[O-]. The standard InChI is InChI=1S/C32H28F7N5O6/c33-22-6-3-5-21(31(34,35)36)20(22)15-42-25-17-49-30(10-12-41(13-11-30)14-18-8-9-26(50-18)32(37,38)39)27(25)28(45)43(29(42)46)16-23(40)19-4-1-2-7-24(19)44(47)48/h1-9,23H,10-17,40H2. The second kappa shape index (κ2) is 12.8. The summed E-state index contributed by atoms with van der Waals surface area (Å²) in [4.78, 5) is 40.9. The Hall–Kier alpha value is -4.81. The van der Waals surface area contributed by atoms with Crippen molar-refractivity contribution < 1.29 is 44.8 Å². The van der Waals surface area contributed by atoms with Gasteiger partial charge in [-0.05, 0) is 37.1 Å². The van der Waals surface area contributed by atoms with E-state index in [9.17, 15) is 46.0 Å². The number of rotatable bonds is 8. The summed E-state index contributed by atoms with van der Waals surface area (Å²) in [7, 11) is 0. The van der Waals surface area contributed by atoms with E-state index in [1.807, 2.05) is 0 Å². The average molecular weight is 712 g/mol. The predicted molar refractivity (Wildman–Crippen MR) is 160 cm³/mol. The van der Waals surface area contributed by atoms with E-state index in [1.54, 1.807) is 4.90 Å². The van der Waals surface area contributed by atoms with Gasteiger partial charge in [0.2, 0.25) is 5.76 Å². The summed E-state index contributed by atoms with van der Waals surface area (Å²) in [6, 6.07) is 8.43. The van der Waals surface area contributed by atoms with E-state index in [0.29, 0.717) is 10.6 Å². The molecular weight excluding hydrogens is 683 g/mol. The monoisotopic (exact) mass is 711 g/mol. The maximum absolute atomic E-state index is 15.0. The van der Waals surface area contributed by atoms with Crippen LogP contribution in [0.2, 0.25) is 0 Å². The van der Waals surface area contributed by atoms with Crippen molar-refractivity contribution in [1.29, 1.82) is 0 Å². The summed E-state index contributed by atoms with van der Waals surface area (Å²) >= 11 is 0. The molecule has 0 aliphatic carbocycles. The first kappa shape index (κ1) is 35.0. The van der Waals surface area contributed by atoms with Crippen LogP contribution in [0.25, 0.3) is 0 Å². The molecule has 1 saturated heterocycles. The van der Waals surface area contributed by atoms with Crippen molar-refractivity contribution in [3.63, 3.8) is 0 Å². The first-order valence-electron chi connectivity index (χ1n) is 15.2. The number of hydrogen-bond donors (Lipinski definition) is 1. The van der Waals surface area contributed by atoms with Crippen LogP contribution >= 0.6 is 0 Å². The van der Waals surface area contributed by atoms with Gasteiger partial charge in [-0.15, -0.1) is 0 Å². The van der Waals surface area contributed by atoms with E-state index in [4.69, 9.17) is 14.9 Å². The number of para-hydroxylation sites is 1. The molecule has 2 aliphatic heterocycles. The molecule has 6 rings (SSSR count). The molecule has 266 valence electrons. The number of fused-ring (bicyclic) bond motifs is 2. The average Bonchev–Trinajstić information content (AvgIpc) is 3.68. The molecule has 2 aromatic carbocycles. The highest BCUT2D eigenvalue weighted by atomic mass is 19.4. The third-order valence-corrected chi connectivity index (χ3v) is 9.11. The van der Waals surface area contributed by atoms with Crippen LogP contribution in [0, 0.1) is 15.9 Å². The van der Waals surface area contributed by atoms with Gasteiger partial charge < -0.3 is 14.9 Å². The summed E-state index contributed by atoms with van der Waals surface area (Å²) in [6.45, 7) is -1.58. The minimum Gasteiger partial charge on any atom is -0.455 e. The molecule has 11 nitrogen and oxygen atoms in total. The number of nitro groups is 1. The second-order valence-electron chi connectivity index (χ2n) is 12.1. The van der Waals surface area contributed by atoms with E-state index in [2.05, 4.69) is 0 Å². The smallest absolute Gasteiger partial charge is 0.449 e. The Bertz CT molecular complexity index is 2060. The second-order valence-corrected chi connectivity index (χ2v) is 12.1. The van der Waals surface area contributed by atoms with Crippen LogP contribution in [0.5, 0.6) is 0 Å². The van der Waals surface area contributed by atoms with Crippen molar-refractivity contribution in [3.8, 4) is 0 Å². The van der Waals surface area contributed by atoms with Gasteiger partial charge in [-0.1, -0.05) is 24.3 Å². The summed E-state index contributed by atoms with van der Waals surface area (Å²) in [6.07, 6.45) is -9.49. The molecule has 0 bridgehead atoms. The van der Waals surface area contributed by atoms with Crippen molar-refractivity contribution >= 4 is 5.69 Å². The van der Waals surface area contributed by atoms with E-state index in [-0.39, 0.29) is 67.4 Å². The fraction of sp³-hybridized carbons (Fsp3) is 0.375. The lowest BCUT2D eigenvalue weighted by molar-refractivity contribution is -0.385. The third-order valence-electron chi connectivity index (χ3n) is 9.11. The normalized spacial score (nSPS) is 16.9. The van der Waals surface area contributed by atoms with Crippen LogP contribution in [0.15, 0.2) is 68.6 Å². The number of nitro benzene ring substituents is 1. The highest BCUT2D eigenvalue weighted by Gasteiger charge is 2.47. The van der Waals surface area contributed by atoms with Crippen molar-refractivity contribution in [2.75, 3.05) is 13.1 Å². The van der Waals surface area contributed by atoms with Crippen molar-refractivity contribution in [2.45, 2.75) is 63.1 Å². The molecule has 2 N–H and O–H groups in total. The van der Waals surface area contributed by atoms with Crippen LogP contribution in [-0.4, -0.2) is 32.0 Å². The first-order chi connectivity index (χ1) is 23.5. The highest BCUT2D eigenvalue weighted by molar-refractivity contribution is 5.42. The number of ether oxygens (including phenoxy) is 1. The molecule has 1 fully saturated rings. The largest absolute Gasteiger partial charge is 0.455 e. The molecule has 2 aliphatic rings. The fourth-order valence-electron chi connectivity index (χ4n) is 6.66. The number of piperidine rings is 1. The molecule has 4 aromatic rings. The molecular formula is C32H28F7N5O6. The third kappa shape index (κ3) is 6.45. The molecule has 0 radical (unpaired) electrons. The van der Waals surface area contributed by atoms with E-state index in [1.165, 1.54) is 30.3 Å². The number of furan rings is 1. The minimum atomic E-state index is -4.99. The van der Waals surface area contributed by atoms with Gasteiger partial charge in [-0.3, -0.25) is 28.9 Å². The van der Waals surface area contributed by atoms with Gasteiger partial charge in [0.15, 0.2) is 0 Å². The van der Waals surface area contributed by atoms with Crippen LogP contribution in [0.1, 0.15) is 58.4 Å². The van der Waals surface area contributed by atoms with Crippen LogP contribution < -0.4 is 17.0 Å². The van der Waals surface area contributed by atoms with E-state index < -0.39 is 76.0 Å². The number of likely N-dealkylation sites (tertiary alicyclic amines) is 1. The van der Waals surface area contributed by atoms with Crippen LogP contribution in [-0.2, 0) is 48.9 Å². The van der Waals surface area contributed by atoms with Crippen LogP contribution in [0.3, 0.4) is 0 Å². The quantitative estimate of drug-likeness (QED) is 0.145. The van der Waals surface area contributed by atoms with E-state index >= 15 is 4.39 Å². The molecule has 1 unspecified atom stereocenters. The van der Waals surface area contributed by atoms with E-state index in [0.717, 1.165) is 22.8 Å². The van der Waals surface area contributed by atoms with Gasteiger partial charge in [0.1, 0.15) is 17.2 Å². The zero-order chi connectivity index (χ0) is 36.2. The fourth-order valence-corrected chi connectivity index (χ4v) is 6.66. The molecule has 1 spiro atoms. The summed E-state index contributed by atoms with van der Waals surface area (Å²) in [5.74, 6) is -2.36. The lowest BCUT2D eigenvalue weighted by Gasteiger charge is -2.38. The Balaban J connectivity index is 1.41. The Morgan fingerprint density at radius 3 is 2.26 bits per heavy atom. The van der Waals surface area contributed by atoms with Gasteiger partial charge in [0, 0.05) is 30.3 Å². The molecule has 4 heterocycles. The number of alkyl halides is 6. The first-order valence-corrected chi connectivity index (χ1v) is 15.2. The van der Waals surface area contributed by atoms with Crippen LogP contribution in [0.4, 0.5) is 36.4 Å². The Morgan fingerprint density at radius 1 is 0.920 bits per heavy atom. The van der Waals surface area contributed by atoms with Crippen molar-refractivity contribution in [2.24, 2.45) is 5.73 Å². The van der Waals surface area contributed by atoms with Gasteiger partial charge in [-0.2, -0.15) is 26.3 Å². The highest BCUT2D eigenvalue weighted by Crippen LogP contribution is 2.43. The lowest BCUT2D eigenvalue weighted by Crippen LogP contribution is -2.49. The molecule has 1 atom stereocenters. The minimum absolute atomic E-state index is 0.000952. The number of nitrogens with zero attached hydrogens (tertiary/aromatic N) is 4. The molecule has 0 saturated carbocycles. The number of aromatic nitrogens is 2. The van der Waals surface area contributed by atoms with Gasteiger partial charge in [0.05, 0.1) is 54.0 Å². The number of hydrogen-bond acceptors (Lipinski definition) is 8. The molecule has 50 heavy (non-hydrogen) atoms. The molecule has 2 aromatic heterocycles. The molecule has 0 amide bonds. The number of nitrogens with two attached hydrogens (primary N) is 1. The van der Waals surface area contributed by atoms with Gasteiger partial charge >= 0.3 is 18.0 Å². The number of benzene rings is 2. The van der Waals surface area contributed by atoms with Gasteiger partial charge in [-0.25, -0.2) is 9.18 Å². The van der Waals surface area contributed by atoms with Crippen molar-refractivity contribution in [1.82, 2.24) is 14.0 Å². The van der Waals surface area contributed by atoms with Gasteiger partial charge in [0.25, 0.3) is 11.2 Å². The lowest BCUT2D eigenvalue weighted by atomic mass is 9.85. The summed E-state index contributed by atoms with van der Waals surface area (Å²) in [5.41, 5.74) is 0.203. The Kier molecular flexibility index (Phi) is 8.98. The maximum Gasteiger partial charge on any atom is 0.449 e. The zero-order valence-corrected chi connectivity index (χ0v) is 25.9.